The van der Waals surface area contributed by atoms with Crippen LogP contribution in [0, 0.1) is 13.8 Å². The van der Waals surface area contributed by atoms with Gasteiger partial charge in [0.15, 0.2) is 26.5 Å². The second-order valence-corrected chi connectivity index (χ2v) is 11.5. The highest BCUT2D eigenvalue weighted by molar-refractivity contribution is 8.16. The summed E-state index contributed by atoms with van der Waals surface area (Å²) in [6, 6.07) is 11.1. The van der Waals surface area contributed by atoms with Crippen molar-refractivity contribution in [3.63, 3.8) is 0 Å². The average molecular weight is 475 g/mol. The van der Waals surface area contributed by atoms with E-state index in [0.717, 1.165) is 22.4 Å². The van der Waals surface area contributed by atoms with Crippen LogP contribution in [0.25, 0.3) is 0 Å². The van der Waals surface area contributed by atoms with E-state index in [1.165, 1.54) is 11.8 Å². The van der Waals surface area contributed by atoms with Crippen molar-refractivity contribution < 1.29 is 22.7 Å². The van der Waals surface area contributed by atoms with E-state index < -0.39 is 9.84 Å². The number of rotatable bonds is 5. The monoisotopic (exact) mass is 474 g/mol. The Kier molecular flexibility index (Phi) is 6.22. The van der Waals surface area contributed by atoms with Gasteiger partial charge in [-0.1, -0.05) is 23.9 Å². The second-order valence-electron chi connectivity index (χ2n) is 8.09. The van der Waals surface area contributed by atoms with E-state index >= 15 is 0 Å². The van der Waals surface area contributed by atoms with E-state index in [1.54, 1.807) is 26.4 Å². The van der Waals surface area contributed by atoms with Crippen molar-refractivity contribution in [2.24, 2.45) is 4.99 Å². The molecule has 2 aromatic carbocycles. The first kappa shape index (κ1) is 22.7. The van der Waals surface area contributed by atoms with Crippen molar-refractivity contribution in [1.82, 2.24) is 0 Å². The predicted octanol–water partition coefficient (Wildman–Crippen LogP) is 3.16. The normalized spacial score (nSPS) is 22.8. The molecule has 4 rings (SSSR count). The van der Waals surface area contributed by atoms with Crippen LogP contribution < -0.4 is 14.4 Å². The number of hydrogen-bond donors (Lipinski definition) is 0. The molecule has 0 radical (unpaired) electrons. The lowest BCUT2D eigenvalue weighted by Gasteiger charge is -2.25. The van der Waals surface area contributed by atoms with Gasteiger partial charge in [-0.15, -0.1) is 0 Å². The Morgan fingerprint density at radius 1 is 1.06 bits per heavy atom. The van der Waals surface area contributed by atoms with Crippen LogP contribution in [0.3, 0.4) is 0 Å². The smallest absolute Gasteiger partial charge is 0.252 e. The Morgan fingerprint density at radius 3 is 2.50 bits per heavy atom. The third-order valence-electron chi connectivity index (χ3n) is 5.86. The van der Waals surface area contributed by atoms with E-state index in [-0.39, 0.29) is 35.1 Å². The number of anilines is 1. The number of thioether (sulfide) groups is 1. The Bertz CT molecular complexity index is 1190. The van der Waals surface area contributed by atoms with Crippen molar-refractivity contribution in [2.45, 2.75) is 31.6 Å². The maximum absolute atomic E-state index is 12.8. The molecule has 2 aromatic rings. The summed E-state index contributed by atoms with van der Waals surface area (Å²) >= 11 is 1.38. The minimum Gasteiger partial charge on any atom is -0.493 e. The Balaban J connectivity index is 1.63. The number of fused-ring (bicyclic) bond motifs is 1. The van der Waals surface area contributed by atoms with Crippen LogP contribution in [0.2, 0.25) is 0 Å². The van der Waals surface area contributed by atoms with Crippen LogP contribution in [-0.4, -0.2) is 56.5 Å². The number of amides is 1. The van der Waals surface area contributed by atoms with Gasteiger partial charge in [0, 0.05) is 10.9 Å². The number of sulfone groups is 1. The van der Waals surface area contributed by atoms with Gasteiger partial charge in [-0.3, -0.25) is 4.79 Å². The molecule has 0 aliphatic carbocycles. The number of benzene rings is 2. The van der Waals surface area contributed by atoms with Gasteiger partial charge in [0.05, 0.1) is 38.2 Å². The third-order valence-corrected chi connectivity index (χ3v) is 9.07. The van der Waals surface area contributed by atoms with Crippen LogP contribution in [0.15, 0.2) is 41.4 Å². The summed E-state index contributed by atoms with van der Waals surface area (Å²) in [5.41, 5.74) is 3.88. The topological polar surface area (TPSA) is 85.3 Å². The second kappa shape index (κ2) is 8.78. The number of ether oxygens (including phenoxy) is 2. The lowest BCUT2D eigenvalue weighted by molar-refractivity contribution is -0.117. The summed E-state index contributed by atoms with van der Waals surface area (Å²) < 4.78 is 35.1. The van der Waals surface area contributed by atoms with Crippen LogP contribution in [0.5, 0.6) is 11.5 Å². The summed E-state index contributed by atoms with van der Waals surface area (Å²) in [5, 5.41) is 0.429. The molecule has 2 atom stereocenters. The fraction of sp³-hybridized carbons (Fsp3) is 0.391. The molecule has 2 aliphatic heterocycles. The molecule has 2 saturated heterocycles. The van der Waals surface area contributed by atoms with Gasteiger partial charge in [-0.2, -0.15) is 4.99 Å². The molecule has 0 bridgehead atoms. The first-order valence-electron chi connectivity index (χ1n) is 10.3. The highest BCUT2D eigenvalue weighted by atomic mass is 32.2. The molecule has 0 saturated carbocycles. The van der Waals surface area contributed by atoms with E-state index in [2.05, 4.69) is 4.99 Å². The van der Waals surface area contributed by atoms with E-state index in [9.17, 15) is 13.2 Å². The Labute approximate surface area is 192 Å². The maximum Gasteiger partial charge on any atom is 0.252 e. The zero-order valence-corrected chi connectivity index (χ0v) is 20.1. The van der Waals surface area contributed by atoms with Gasteiger partial charge in [-0.05, 0) is 54.8 Å². The molecule has 1 amide bonds. The number of aryl methyl sites for hydroxylation is 2. The molecule has 0 N–H and O–H groups in total. The van der Waals surface area contributed by atoms with Crippen molar-refractivity contribution in [3.8, 4) is 11.5 Å². The van der Waals surface area contributed by atoms with E-state index in [1.807, 2.05) is 43.0 Å². The molecule has 170 valence electrons. The Hall–Kier alpha value is -2.52. The van der Waals surface area contributed by atoms with E-state index in [4.69, 9.17) is 9.47 Å². The molecule has 0 spiro atoms. The maximum atomic E-state index is 12.8. The van der Waals surface area contributed by atoms with Gasteiger partial charge in [0.2, 0.25) is 0 Å². The number of nitrogens with zero attached hydrogens (tertiary/aromatic N) is 2. The summed E-state index contributed by atoms with van der Waals surface area (Å²) in [6.07, 6.45) is 0.110. The fourth-order valence-electron chi connectivity index (χ4n) is 4.05. The molecule has 0 unspecified atom stereocenters. The van der Waals surface area contributed by atoms with Crippen molar-refractivity contribution >= 4 is 38.4 Å². The van der Waals surface area contributed by atoms with Gasteiger partial charge in [0.25, 0.3) is 5.91 Å². The molecule has 2 fully saturated rings. The number of amidine groups is 1. The van der Waals surface area contributed by atoms with Crippen molar-refractivity contribution in [2.75, 3.05) is 30.6 Å². The van der Waals surface area contributed by atoms with E-state index in [0.29, 0.717) is 16.7 Å². The summed E-state index contributed by atoms with van der Waals surface area (Å²) in [6.45, 7) is 4.05. The molecule has 9 heteroatoms. The number of carbonyl (C=O) groups excluding carboxylic acids is 1. The lowest BCUT2D eigenvalue weighted by Crippen LogP contribution is -2.37. The molecular formula is C23H26N2O5S2. The van der Waals surface area contributed by atoms with Crippen molar-refractivity contribution in [3.05, 3.63) is 53.1 Å². The number of aliphatic imine (C=N–C) groups is 1. The van der Waals surface area contributed by atoms with Gasteiger partial charge in [0.1, 0.15) is 0 Å². The number of methoxy groups -OCH3 is 2. The van der Waals surface area contributed by atoms with Gasteiger partial charge in [-0.25, -0.2) is 8.42 Å². The largest absolute Gasteiger partial charge is 0.493 e. The summed E-state index contributed by atoms with van der Waals surface area (Å²) in [4.78, 5) is 19.2. The number of hydrogen-bond acceptors (Lipinski definition) is 6. The molecule has 2 aliphatic rings. The predicted molar refractivity (Wildman–Crippen MR) is 128 cm³/mol. The molecule has 2 heterocycles. The standard InChI is InChI=1S/C23H26N2O5S2/c1-14-5-7-17(9-15(14)2)25-18-12-32(27,28)13-21(18)31-23(25)24-22(26)11-16-6-8-19(29-3)20(10-16)30-4/h5-10,18,21H,11-13H2,1-4H3/t18-,21-/m1/s1. The zero-order chi connectivity index (χ0) is 23.0. The van der Waals surface area contributed by atoms with Crippen LogP contribution >= 0.6 is 11.8 Å². The number of carbonyl (C=O) groups is 1. The molecule has 0 aromatic heterocycles. The van der Waals surface area contributed by atoms with Gasteiger partial charge >= 0.3 is 0 Å². The Morgan fingerprint density at radius 2 is 1.81 bits per heavy atom. The molecule has 32 heavy (non-hydrogen) atoms. The van der Waals surface area contributed by atoms with Crippen LogP contribution in [0.1, 0.15) is 16.7 Å². The highest BCUT2D eigenvalue weighted by Crippen LogP contribution is 2.41. The van der Waals surface area contributed by atoms with Crippen LogP contribution in [0.4, 0.5) is 5.69 Å². The minimum atomic E-state index is -3.11. The summed E-state index contributed by atoms with van der Waals surface area (Å²) in [7, 11) is 0.000972. The third kappa shape index (κ3) is 4.49. The first-order chi connectivity index (χ1) is 15.2. The SMILES string of the molecule is COc1ccc(CC(=O)N=C2S[C@@H]3CS(=O)(=O)C[C@H]3N2c2ccc(C)c(C)c2)cc1OC. The quantitative estimate of drug-likeness (QED) is 0.658. The lowest BCUT2D eigenvalue weighted by atomic mass is 10.1. The average Bonchev–Trinajstić information content (AvgIpc) is 3.20. The van der Waals surface area contributed by atoms with Gasteiger partial charge < -0.3 is 14.4 Å². The zero-order valence-electron chi connectivity index (χ0n) is 18.5. The molecular weight excluding hydrogens is 448 g/mol. The highest BCUT2D eigenvalue weighted by Gasteiger charge is 2.49. The summed E-state index contributed by atoms with van der Waals surface area (Å²) in [5.74, 6) is 1.03. The first-order valence-corrected chi connectivity index (χ1v) is 13.0. The minimum absolute atomic E-state index is 0.0699. The fourth-order valence-corrected chi connectivity index (χ4v) is 7.98. The van der Waals surface area contributed by atoms with Crippen molar-refractivity contribution in [1.29, 1.82) is 0 Å². The van der Waals surface area contributed by atoms with Crippen LogP contribution in [-0.2, 0) is 21.1 Å². The molecule has 7 nitrogen and oxygen atoms in total.